The van der Waals surface area contributed by atoms with Gasteiger partial charge in [0.05, 0.1) is 33.4 Å². The van der Waals surface area contributed by atoms with Gasteiger partial charge in [-0.25, -0.2) is 0 Å². The third kappa shape index (κ3) is 29.7. The minimum absolute atomic E-state index is 0. The van der Waals surface area contributed by atoms with Crippen LogP contribution < -0.4 is 12.4 Å². The van der Waals surface area contributed by atoms with Crippen molar-refractivity contribution in [2.24, 2.45) is 0 Å². The van der Waals surface area contributed by atoms with Gasteiger partial charge in [-0.05, 0) is 77.0 Å². The molecule has 49 heavy (non-hydrogen) atoms. The number of hydrogen-bond donors (Lipinski definition) is 0. The van der Waals surface area contributed by atoms with Crippen LogP contribution in [0.3, 0.4) is 0 Å². The zero-order chi connectivity index (χ0) is 34.9. The van der Waals surface area contributed by atoms with E-state index < -0.39 is 0 Å². The second-order valence-electron chi connectivity index (χ2n) is 15.2. The van der Waals surface area contributed by atoms with Gasteiger partial charge in [0.2, 0.25) is 0 Å². The van der Waals surface area contributed by atoms with Crippen LogP contribution >= 0.6 is 11.6 Å². The van der Waals surface area contributed by atoms with Crippen molar-refractivity contribution in [3.63, 3.8) is 0 Å². The van der Waals surface area contributed by atoms with Gasteiger partial charge in [0.15, 0.2) is 11.8 Å². The lowest BCUT2D eigenvalue weighted by molar-refractivity contribution is -0.879. The van der Waals surface area contributed by atoms with Crippen LogP contribution in [0.5, 0.6) is 0 Å². The van der Waals surface area contributed by atoms with E-state index in [2.05, 4.69) is 76.6 Å². The molecule has 0 N–H and O–H groups in total. The van der Waals surface area contributed by atoms with Gasteiger partial charge in [-0.1, -0.05) is 151 Å². The normalized spacial score (nSPS) is 16.6. The SMILES string of the molecule is CCCCC/C=C\C/C=C\CCCCCCCCC1(CCCCCCCC/C=C\C/C=C\CCCCC)OCC(CC[N+](C)(C)CCl)O1.[Cl-]. The van der Waals surface area contributed by atoms with Crippen molar-refractivity contribution in [2.75, 3.05) is 33.3 Å². The van der Waals surface area contributed by atoms with Crippen LogP contribution in [0.4, 0.5) is 0 Å². The zero-order valence-corrected chi connectivity index (χ0v) is 34.4. The summed E-state index contributed by atoms with van der Waals surface area (Å²) in [7, 11) is 4.40. The smallest absolute Gasteiger partial charge is 0.168 e. The number of allylic oxidation sites excluding steroid dienone is 8. The average molecular weight is 727 g/mol. The van der Waals surface area contributed by atoms with Gasteiger partial charge < -0.3 is 26.4 Å². The Morgan fingerprint density at radius 1 is 0.571 bits per heavy atom. The molecule has 1 atom stereocenters. The molecule has 0 aromatic carbocycles. The number of unbranched alkanes of at least 4 members (excludes halogenated alkanes) is 18. The number of hydrogen-bond acceptors (Lipinski definition) is 2. The summed E-state index contributed by atoms with van der Waals surface area (Å²) < 4.78 is 14.1. The highest BCUT2D eigenvalue weighted by atomic mass is 35.5. The predicted octanol–water partition coefficient (Wildman–Crippen LogP) is 11.2. The lowest BCUT2D eigenvalue weighted by Crippen LogP contribution is -3.00. The lowest BCUT2D eigenvalue weighted by atomic mass is 9.98. The molecule has 0 saturated carbocycles. The third-order valence-electron chi connectivity index (χ3n) is 9.81. The predicted molar refractivity (Wildman–Crippen MR) is 214 cm³/mol. The van der Waals surface area contributed by atoms with E-state index in [1.807, 2.05) is 0 Å². The van der Waals surface area contributed by atoms with Crippen molar-refractivity contribution < 1.29 is 26.4 Å². The summed E-state index contributed by atoms with van der Waals surface area (Å²) in [6, 6.07) is 0.637. The van der Waals surface area contributed by atoms with Crippen LogP contribution in [0.15, 0.2) is 48.6 Å². The molecular formula is C44H81Cl2NO2. The summed E-state index contributed by atoms with van der Waals surface area (Å²) >= 11 is 6.19. The molecule has 288 valence electrons. The van der Waals surface area contributed by atoms with Gasteiger partial charge in [0, 0.05) is 19.3 Å². The maximum absolute atomic E-state index is 6.74. The van der Waals surface area contributed by atoms with E-state index in [0.29, 0.717) is 6.00 Å². The van der Waals surface area contributed by atoms with Gasteiger partial charge in [-0.2, -0.15) is 0 Å². The average Bonchev–Trinajstić information content (AvgIpc) is 3.50. The van der Waals surface area contributed by atoms with Gasteiger partial charge in [-0.15, -0.1) is 0 Å². The minimum Gasteiger partial charge on any atom is -1.00 e. The molecule has 0 amide bonds. The monoisotopic (exact) mass is 726 g/mol. The Labute approximate surface area is 317 Å². The summed E-state index contributed by atoms with van der Waals surface area (Å²) in [5.74, 6) is -0.354. The molecule has 0 bridgehead atoms. The zero-order valence-electron chi connectivity index (χ0n) is 32.9. The molecule has 1 aliphatic heterocycles. The summed E-state index contributed by atoms with van der Waals surface area (Å²) in [6.07, 6.45) is 52.9. The first-order chi connectivity index (χ1) is 23.5. The number of nitrogens with zero attached hydrogens (tertiary/aromatic N) is 1. The van der Waals surface area contributed by atoms with Crippen molar-refractivity contribution in [1.82, 2.24) is 0 Å². The van der Waals surface area contributed by atoms with Crippen LogP contribution in [0.2, 0.25) is 0 Å². The number of rotatable bonds is 34. The van der Waals surface area contributed by atoms with E-state index in [1.54, 1.807) is 0 Å². The molecule has 0 aliphatic carbocycles. The van der Waals surface area contributed by atoms with Crippen LogP contribution in [0, 0.1) is 0 Å². The van der Waals surface area contributed by atoms with Crippen LogP contribution in [0.1, 0.15) is 187 Å². The standard InChI is InChI=1S/C44H81ClNO2.ClH/c1-5-7-9-11-13-15-17-19-21-23-25-27-29-31-33-35-38-44(47-41-43(48-44)37-40-46(3,4)42-45)39-36-34-32-30-28-26-24-22-20-18-16-14-12-10-8-6-2;/h13-16,19-22,43H,5-12,17-18,23-42H2,1-4H3;1H/q+1;/p-1/b15-13-,16-14-,21-19-,22-20-;. The van der Waals surface area contributed by atoms with E-state index in [9.17, 15) is 0 Å². The van der Waals surface area contributed by atoms with Gasteiger partial charge >= 0.3 is 0 Å². The first-order valence-corrected chi connectivity index (χ1v) is 21.3. The van der Waals surface area contributed by atoms with E-state index >= 15 is 0 Å². The molecular weight excluding hydrogens is 645 g/mol. The van der Waals surface area contributed by atoms with Crippen molar-refractivity contribution in [3.8, 4) is 0 Å². The first kappa shape index (κ1) is 48.4. The van der Waals surface area contributed by atoms with E-state index in [1.165, 1.54) is 141 Å². The summed E-state index contributed by atoms with van der Waals surface area (Å²) in [5, 5.41) is 0. The quantitative estimate of drug-likeness (QED) is 0.0216. The molecule has 1 saturated heterocycles. The Hall–Kier alpha value is -0.580. The molecule has 3 nitrogen and oxygen atoms in total. The minimum atomic E-state index is -0.354. The molecule has 0 radical (unpaired) electrons. The molecule has 1 unspecified atom stereocenters. The summed E-state index contributed by atoms with van der Waals surface area (Å²) in [6.45, 7) is 6.31. The molecule has 1 heterocycles. The molecule has 0 aromatic rings. The molecule has 0 aromatic heterocycles. The number of quaternary nitrogens is 1. The third-order valence-corrected chi connectivity index (χ3v) is 10.5. The fraction of sp³-hybridized carbons (Fsp3) is 0.818. The largest absolute Gasteiger partial charge is 1.00 e. The number of halogens is 2. The second kappa shape index (κ2) is 34.5. The van der Waals surface area contributed by atoms with Gasteiger partial charge in [0.25, 0.3) is 0 Å². The van der Waals surface area contributed by atoms with E-state index in [-0.39, 0.29) is 24.3 Å². The molecule has 0 spiro atoms. The Morgan fingerprint density at radius 2 is 0.959 bits per heavy atom. The van der Waals surface area contributed by atoms with Crippen molar-refractivity contribution in [3.05, 3.63) is 48.6 Å². The first-order valence-electron chi connectivity index (χ1n) is 20.8. The van der Waals surface area contributed by atoms with Gasteiger partial charge in [-0.3, -0.25) is 0 Å². The lowest BCUT2D eigenvalue weighted by Gasteiger charge is -2.30. The Balaban J connectivity index is 0.0000230. The van der Waals surface area contributed by atoms with Crippen molar-refractivity contribution in [2.45, 2.75) is 199 Å². The molecule has 5 heteroatoms. The fourth-order valence-electron chi connectivity index (χ4n) is 6.46. The number of ether oxygens (including phenoxy) is 2. The fourth-order valence-corrected chi connectivity index (χ4v) is 6.58. The molecule has 1 fully saturated rings. The van der Waals surface area contributed by atoms with Crippen molar-refractivity contribution in [1.29, 1.82) is 0 Å². The maximum Gasteiger partial charge on any atom is 0.168 e. The van der Waals surface area contributed by atoms with Crippen LogP contribution in [-0.4, -0.2) is 49.6 Å². The number of alkyl halides is 1. The molecule has 1 aliphatic rings. The highest BCUT2D eigenvalue weighted by Gasteiger charge is 2.40. The second-order valence-corrected chi connectivity index (χ2v) is 15.4. The van der Waals surface area contributed by atoms with Gasteiger partial charge in [0.1, 0.15) is 0 Å². The Kier molecular flexibility index (Phi) is 34.1. The van der Waals surface area contributed by atoms with Crippen LogP contribution in [0.25, 0.3) is 0 Å². The summed E-state index contributed by atoms with van der Waals surface area (Å²) in [4.78, 5) is 0. The highest BCUT2D eigenvalue weighted by molar-refractivity contribution is 6.16. The Morgan fingerprint density at radius 3 is 1.37 bits per heavy atom. The van der Waals surface area contributed by atoms with E-state index in [4.69, 9.17) is 21.1 Å². The maximum atomic E-state index is 6.74. The van der Waals surface area contributed by atoms with Crippen LogP contribution in [-0.2, 0) is 9.47 Å². The van der Waals surface area contributed by atoms with E-state index in [0.717, 1.165) is 49.7 Å². The Bertz CT molecular complexity index is 774. The topological polar surface area (TPSA) is 18.5 Å². The highest BCUT2D eigenvalue weighted by Crippen LogP contribution is 2.36. The summed E-state index contributed by atoms with van der Waals surface area (Å²) in [5.41, 5.74) is 0. The molecule has 1 rings (SSSR count). The van der Waals surface area contributed by atoms with Crippen molar-refractivity contribution >= 4 is 11.6 Å².